The molecule has 0 aliphatic rings. The first kappa shape index (κ1) is 13.0. The molecule has 0 saturated heterocycles. The predicted octanol–water partition coefficient (Wildman–Crippen LogP) is 2.39. The van der Waals surface area contributed by atoms with E-state index in [9.17, 15) is 4.79 Å². The van der Waals surface area contributed by atoms with Crippen molar-refractivity contribution in [1.82, 2.24) is 5.32 Å². The third-order valence-electron chi connectivity index (χ3n) is 2.25. The van der Waals surface area contributed by atoms with Gasteiger partial charge in [-0.2, -0.15) is 0 Å². The normalized spacial score (nSPS) is 12.6. The Morgan fingerprint density at radius 1 is 1.43 bits per heavy atom. The number of rotatable bonds is 6. The van der Waals surface area contributed by atoms with Gasteiger partial charge in [-0.3, -0.25) is 0 Å². The molecule has 0 aromatic rings. The molecule has 0 bridgehead atoms. The first-order valence-electron chi connectivity index (χ1n) is 5.15. The van der Waals surface area contributed by atoms with Gasteiger partial charge < -0.3 is 10.4 Å². The lowest BCUT2D eigenvalue weighted by atomic mass is 10.0. The minimum absolute atomic E-state index is 0.508. The molecule has 0 radical (unpaired) electrons. The third-order valence-corrected chi connectivity index (χ3v) is 2.25. The largest absolute Gasteiger partial charge is 0.478 e. The Morgan fingerprint density at radius 2 is 2.00 bits per heavy atom. The van der Waals surface area contributed by atoms with Crippen LogP contribution in [0.1, 0.15) is 40.0 Å². The topological polar surface area (TPSA) is 49.3 Å². The third kappa shape index (κ3) is 4.30. The fraction of sp³-hybridized carbons (Fsp3) is 0.727. The molecule has 2 N–H and O–H groups in total. The van der Waals surface area contributed by atoms with Crippen LogP contribution in [-0.2, 0) is 4.79 Å². The second-order valence-corrected chi connectivity index (χ2v) is 3.80. The van der Waals surface area contributed by atoms with Crippen LogP contribution < -0.4 is 5.32 Å². The number of carbonyl (C=O) groups is 1. The van der Waals surface area contributed by atoms with Gasteiger partial charge in [0.05, 0.1) is 5.57 Å². The van der Waals surface area contributed by atoms with E-state index in [0.29, 0.717) is 17.9 Å². The zero-order valence-electron chi connectivity index (χ0n) is 9.55. The summed E-state index contributed by atoms with van der Waals surface area (Å²) in [5, 5.41) is 11.9. The molecular formula is C11H21NO2. The van der Waals surface area contributed by atoms with Crippen molar-refractivity contribution in [2.75, 3.05) is 7.05 Å². The zero-order valence-corrected chi connectivity index (χ0v) is 9.55. The molecule has 3 heteroatoms. The molecule has 0 aliphatic carbocycles. The first-order chi connectivity index (χ1) is 6.52. The van der Waals surface area contributed by atoms with Crippen molar-refractivity contribution in [2.24, 2.45) is 5.92 Å². The Balaban J connectivity index is 4.54. The van der Waals surface area contributed by atoms with Gasteiger partial charge in [-0.05, 0) is 25.2 Å². The molecule has 0 aliphatic heterocycles. The van der Waals surface area contributed by atoms with Crippen LogP contribution in [0.2, 0.25) is 0 Å². The summed E-state index contributed by atoms with van der Waals surface area (Å²) in [6, 6.07) is 0. The zero-order chi connectivity index (χ0) is 11.1. The maximum Gasteiger partial charge on any atom is 0.333 e. The molecule has 0 rings (SSSR count). The Hall–Kier alpha value is -0.990. The molecule has 0 atom stereocenters. The van der Waals surface area contributed by atoms with Crippen molar-refractivity contribution in [3.05, 3.63) is 11.3 Å². The molecule has 14 heavy (non-hydrogen) atoms. The first-order valence-corrected chi connectivity index (χ1v) is 5.15. The highest BCUT2D eigenvalue weighted by atomic mass is 16.4. The van der Waals surface area contributed by atoms with Crippen molar-refractivity contribution < 1.29 is 9.90 Å². The van der Waals surface area contributed by atoms with Gasteiger partial charge >= 0.3 is 5.97 Å². The summed E-state index contributed by atoms with van der Waals surface area (Å²) in [5.74, 6) is -0.203. The second kappa shape index (κ2) is 6.46. The monoisotopic (exact) mass is 199 g/mol. The smallest absolute Gasteiger partial charge is 0.333 e. The average Bonchev–Trinajstić information content (AvgIpc) is 2.10. The van der Waals surface area contributed by atoms with Gasteiger partial charge in [0.15, 0.2) is 0 Å². The van der Waals surface area contributed by atoms with Crippen LogP contribution in [0, 0.1) is 5.92 Å². The lowest BCUT2D eigenvalue weighted by Gasteiger charge is -2.12. The van der Waals surface area contributed by atoms with Gasteiger partial charge in [0, 0.05) is 12.7 Å². The van der Waals surface area contributed by atoms with Gasteiger partial charge in [0.2, 0.25) is 0 Å². The molecule has 0 unspecified atom stereocenters. The molecule has 82 valence electrons. The van der Waals surface area contributed by atoms with E-state index in [1.54, 1.807) is 7.05 Å². The van der Waals surface area contributed by atoms with Gasteiger partial charge in [0.1, 0.15) is 0 Å². The summed E-state index contributed by atoms with van der Waals surface area (Å²) in [5.41, 5.74) is 1.38. The van der Waals surface area contributed by atoms with E-state index in [0.717, 1.165) is 18.5 Å². The summed E-state index contributed by atoms with van der Waals surface area (Å²) >= 11 is 0. The molecule has 0 amide bonds. The SMILES string of the molecule is CCC(C(=O)O)=C(CCC(C)C)NC. The summed E-state index contributed by atoms with van der Waals surface area (Å²) in [6.45, 7) is 6.15. The van der Waals surface area contributed by atoms with E-state index in [1.807, 2.05) is 6.92 Å². The van der Waals surface area contributed by atoms with Gasteiger partial charge in [-0.1, -0.05) is 20.8 Å². The van der Waals surface area contributed by atoms with E-state index >= 15 is 0 Å². The molecule has 0 aromatic carbocycles. The summed E-state index contributed by atoms with van der Waals surface area (Å²) in [4.78, 5) is 10.9. The Bertz CT molecular complexity index is 219. The number of allylic oxidation sites excluding steroid dienone is 1. The van der Waals surface area contributed by atoms with Crippen LogP contribution in [0.25, 0.3) is 0 Å². The van der Waals surface area contributed by atoms with Crippen molar-refractivity contribution in [2.45, 2.75) is 40.0 Å². The lowest BCUT2D eigenvalue weighted by molar-refractivity contribution is -0.132. The van der Waals surface area contributed by atoms with Crippen LogP contribution >= 0.6 is 0 Å². The number of hydrogen-bond donors (Lipinski definition) is 2. The van der Waals surface area contributed by atoms with E-state index in [2.05, 4.69) is 19.2 Å². The molecule has 0 spiro atoms. The second-order valence-electron chi connectivity index (χ2n) is 3.80. The number of carboxylic acids is 1. The molecule has 0 heterocycles. The minimum atomic E-state index is -0.805. The number of hydrogen-bond acceptors (Lipinski definition) is 2. The molecular weight excluding hydrogens is 178 g/mol. The molecule has 0 saturated carbocycles. The van der Waals surface area contributed by atoms with Crippen LogP contribution in [0.5, 0.6) is 0 Å². The highest BCUT2D eigenvalue weighted by Crippen LogP contribution is 2.15. The van der Waals surface area contributed by atoms with Crippen LogP contribution in [0.4, 0.5) is 0 Å². The van der Waals surface area contributed by atoms with Crippen LogP contribution in [0.3, 0.4) is 0 Å². The van der Waals surface area contributed by atoms with Crippen molar-refractivity contribution >= 4 is 5.97 Å². The van der Waals surface area contributed by atoms with Crippen molar-refractivity contribution in [3.63, 3.8) is 0 Å². The average molecular weight is 199 g/mol. The van der Waals surface area contributed by atoms with E-state index in [4.69, 9.17) is 5.11 Å². The van der Waals surface area contributed by atoms with Crippen LogP contribution in [-0.4, -0.2) is 18.1 Å². The van der Waals surface area contributed by atoms with Crippen molar-refractivity contribution in [1.29, 1.82) is 0 Å². The fourth-order valence-electron chi connectivity index (χ4n) is 1.35. The molecule has 0 fully saturated rings. The summed E-state index contributed by atoms with van der Waals surface area (Å²) < 4.78 is 0. The number of nitrogens with one attached hydrogen (secondary N) is 1. The molecule has 3 nitrogen and oxygen atoms in total. The minimum Gasteiger partial charge on any atom is -0.478 e. The summed E-state index contributed by atoms with van der Waals surface area (Å²) in [7, 11) is 1.79. The Morgan fingerprint density at radius 3 is 2.29 bits per heavy atom. The predicted molar refractivity (Wildman–Crippen MR) is 58.1 cm³/mol. The van der Waals surface area contributed by atoms with Crippen molar-refractivity contribution in [3.8, 4) is 0 Å². The van der Waals surface area contributed by atoms with Crippen LogP contribution in [0.15, 0.2) is 11.3 Å². The number of carboxylic acid groups (broad SMARTS) is 1. The Kier molecular flexibility index (Phi) is 6.00. The quantitative estimate of drug-likeness (QED) is 0.646. The lowest BCUT2D eigenvalue weighted by Crippen LogP contribution is -2.14. The van der Waals surface area contributed by atoms with E-state index < -0.39 is 5.97 Å². The standard InChI is InChI=1S/C11H21NO2/c1-5-9(11(13)14)10(12-4)7-6-8(2)3/h8,12H,5-7H2,1-4H3,(H,13,14). The van der Waals surface area contributed by atoms with Gasteiger partial charge in [0.25, 0.3) is 0 Å². The highest BCUT2D eigenvalue weighted by Gasteiger charge is 2.11. The fourth-order valence-corrected chi connectivity index (χ4v) is 1.35. The maximum atomic E-state index is 10.9. The maximum absolute atomic E-state index is 10.9. The van der Waals surface area contributed by atoms with E-state index in [-0.39, 0.29) is 0 Å². The Labute approximate surface area is 86.2 Å². The van der Waals surface area contributed by atoms with E-state index in [1.165, 1.54) is 0 Å². The number of aliphatic carboxylic acids is 1. The van der Waals surface area contributed by atoms with Gasteiger partial charge in [-0.25, -0.2) is 4.79 Å². The summed E-state index contributed by atoms with van der Waals surface area (Å²) in [6.07, 6.45) is 2.42. The van der Waals surface area contributed by atoms with Gasteiger partial charge in [-0.15, -0.1) is 0 Å². The molecule has 0 aromatic heterocycles. The highest BCUT2D eigenvalue weighted by molar-refractivity contribution is 5.87.